The van der Waals surface area contributed by atoms with Gasteiger partial charge in [-0.3, -0.25) is 9.10 Å². The summed E-state index contributed by atoms with van der Waals surface area (Å²) in [7, 11) is -2.60. The van der Waals surface area contributed by atoms with Gasteiger partial charge in [0.15, 0.2) is 4.91 Å². The second-order valence-electron chi connectivity index (χ2n) is 5.10. The Morgan fingerprint density at radius 1 is 1.21 bits per heavy atom. The number of Topliss-reactive ketones (excluding diaryl/α,β-unsaturated/α-hetero) is 1. The highest BCUT2D eigenvalue weighted by molar-refractivity contribution is 7.97. The zero-order valence-corrected chi connectivity index (χ0v) is 14.0. The number of anilines is 2. The summed E-state index contributed by atoms with van der Waals surface area (Å²) in [6.45, 7) is 0. The maximum Gasteiger partial charge on any atom is 0.269 e. The first-order valence-electron chi connectivity index (χ1n) is 6.87. The molecule has 0 fully saturated rings. The van der Waals surface area contributed by atoms with Crippen LogP contribution in [0.4, 0.5) is 15.8 Å². The fraction of sp³-hybridized carbons (Fsp3) is 0.0625. The van der Waals surface area contributed by atoms with Crippen LogP contribution in [0.3, 0.4) is 0 Å². The van der Waals surface area contributed by atoms with Crippen LogP contribution in [0.2, 0.25) is 5.02 Å². The van der Waals surface area contributed by atoms with Crippen LogP contribution in [0.25, 0.3) is 0 Å². The molecular weight excluding hydrogens is 355 g/mol. The number of carbonyl (C=O) groups excluding carboxylic acids is 1. The van der Waals surface area contributed by atoms with E-state index in [1.165, 1.54) is 19.2 Å². The molecule has 1 heterocycles. The van der Waals surface area contributed by atoms with Crippen molar-refractivity contribution in [1.82, 2.24) is 0 Å². The minimum atomic E-state index is -3.98. The fourth-order valence-electron chi connectivity index (χ4n) is 2.34. The third kappa shape index (κ3) is 2.65. The van der Waals surface area contributed by atoms with Crippen LogP contribution in [0.1, 0.15) is 10.4 Å². The Bertz CT molecular complexity index is 973. The van der Waals surface area contributed by atoms with Gasteiger partial charge in [-0.15, -0.1) is 0 Å². The molecule has 0 saturated carbocycles. The monoisotopic (exact) mass is 366 g/mol. The quantitative estimate of drug-likeness (QED) is 0.827. The molecule has 2 aromatic rings. The van der Waals surface area contributed by atoms with Crippen LogP contribution in [0, 0.1) is 5.82 Å². The van der Waals surface area contributed by atoms with Gasteiger partial charge in [0.25, 0.3) is 10.0 Å². The number of ketones is 1. The van der Waals surface area contributed by atoms with Gasteiger partial charge in [-0.2, -0.15) is 0 Å². The van der Waals surface area contributed by atoms with Gasteiger partial charge in [0.2, 0.25) is 5.78 Å². The van der Waals surface area contributed by atoms with Crippen LogP contribution in [-0.2, 0) is 10.0 Å². The van der Waals surface area contributed by atoms with Crippen LogP contribution < -0.4 is 9.62 Å². The molecule has 8 heteroatoms. The van der Waals surface area contributed by atoms with Gasteiger partial charge < -0.3 is 5.32 Å². The van der Waals surface area contributed by atoms with Crippen molar-refractivity contribution in [3.05, 3.63) is 70.0 Å². The summed E-state index contributed by atoms with van der Waals surface area (Å²) in [5.74, 6) is -1.20. The van der Waals surface area contributed by atoms with E-state index in [1.807, 2.05) is 0 Å². The molecule has 0 aromatic heterocycles. The molecule has 5 nitrogen and oxygen atoms in total. The Hall–Kier alpha value is -2.38. The van der Waals surface area contributed by atoms with Gasteiger partial charge in [-0.1, -0.05) is 23.7 Å². The smallest absolute Gasteiger partial charge is 0.269 e. The van der Waals surface area contributed by atoms with Gasteiger partial charge >= 0.3 is 0 Å². The summed E-state index contributed by atoms with van der Waals surface area (Å²) in [5.41, 5.74) is 0.975. The number of rotatable bonds is 2. The molecule has 0 spiro atoms. The van der Waals surface area contributed by atoms with Crippen molar-refractivity contribution in [1.29, 1.82) is 0 Å². The summed E-state index contributed by atoms with van der Waals surface area (Å²) < 4.78 is 39.3. The first-order valence-corrected chi connectivity index (χ1v) is 8.68. The van der Waals surface area contributed by atoms with Gasteiger partial charge in [0, 0.05) is 24.5 Å². The van der Waals surface area contributed by atoms with Crippen LogP contribution >= 0.6 is 11.6 Å². The van der Waals surface area contributed by atoms with E-state index in [-0.39, 0.29) is 5.02 Å². The van der Waals surface area contributed by atoms with E-state index in [0.717, 1.165) is 16.6 Å². The number of hydrogen-bond donors (Lipinski definition) is 1. The largest absolute Gasteiger partial charge is 0.360 e. The number of carbonyl (C=O) groups is 1. The van der Waals surface area contributed by atoms with E-state index in [2.05, 4.69) is 5.32 Å². The summed E-state index contributed by atoms with van der Waals surface area (Å²) in [6.07, 6.45) is 1.09. The third-order valence-electron chi connectivity index (χ3n) is 3.64. The highest BCUT2D eigenvalue weighted by Crippen LogP contribution is 2.33. The number of nitrogens with one attached hydrogen (secondary N) is 1. The Labute approximate surface area is 143 Å². The molecular formula is C16H12ClFN2O3S. The first kappa shape index (κ1) is 16.5. The van der Waals surface area contributed by atoms with E-state index in [4.69, 9.17) is 11.6 Å². The summed E-state index contributed by atoms with van der Waals surface area (Å²) in [4.78, 5) is 12.1. The zero-order valence-electron chi connectivity index (χ0n) is 12.5. The molecule has 0 aliphatic carbocycles. The van der Waals surface area contributed by atoms with E-state index < -0.39 is 26.5 Å². The third-order valence-corrected chi connectivity index (χ3v) is 5.71. The van der Waals surface area contributed by atoms with Crippen molar-refractivity contribution >= 4 is 38.8 Å². The molecule has 2 aromatic carbocycles. The Balaban J connectivity index is 2.03. The van der Waals surface area contributed by atoms with Gasteiger partial charge in [-0.25, -0.2) is 12.8 Å². The molecule has 24 heavy (non-hydrogen) atoms. The maximum absolute atomic E-state index is 13.2. The number of benzene rings is 2. The van der Waals surface area contributed by atoms with Gasteiger partial charge in [0.1, 0.15) is 5.82 Å². The predicted octanol–water partition coefficient (Wildman–Crippen LogP) is 3.39. The van der Waals surface area contributed by atoms with E-state index >= 15 is 0 Å². The Morgan fingerprint density at radius 2 is 1.92 bits per heavy atom. The maximum atomic E-state index is 13.2. The summed E-state index contributed by atoms with van der Waals surface area (Å²) in [5, 5.41) is 2.57. The number of sulfonamides is 1. The lowest BCUT2D eigenvalue weighted by Crippen LogP contribution is -2.36. The molecule has 1 aliphatic rings. The van der Waals surface area contributed by atoms with E-state index in [9.17, 15) is 17.6 Å². The van der Waals surface area contributed by atoms with Gasteiger partial charge in [-0.05, 0) is 30.3 Å². The zero-order chi connectivity index (χ0) is 17.5. The van der Waals surface area contributed by atoms with Crippen molar-refractivity contribution < 1.29 is 17.6 Å². The summed E-state index contributed by atoms with van der Waals surface area (Å²) >= 11 is 5.68. The second-order valence-corrected chi connectivity index (χ2v) is 7.45. The molecule has 1 aliphatic heterocycles. The number of nitrogens with zero attached hydrogens (tertiary/aromatic N) is 1. The molecule has 0 saturated heterocycles. The van der Waals surface area contributed by atoms with E-state index in [1.54, 1.807) is 24.3 Å². The number of fused-ring (bicyclic) bond motifs is 1. The van der Waals surface area contributed by atoms with Crippen LogP contribution in [-0.4, -0.2) is 21.2 Å². The fourth-order valence-corrected chi connectivity index (χ4v) is 3.79. The van der Waals surface area contributed by atoms with Crippen LogP contribution in [0.5, 0.6) is 0 Å². The lowest BCUT2D eigenvalue weighted by atomic mass is 10.1. The molecule has 0 amide bonds. The van der Waals surface area contributed by atoms with Crippen molar-refractivity contribution in [2.24, 2.45) is 0 Å². The van der Waals surface area contributed by atoms with E-state index in [0.29, 0.717) is 16.9 Å². The normalized spacial score (nSPS) is 17.7. The van der Waals surface area contributed by atoms with Gasteiger partial charge in [0.05, 0.1) is 10.7 Å². The average Bonchev–Trinajstić information content (AvgIpc) is 2.56. The molecule has 0 atom stereocenters. The number of allylic oxidation sites excluding steroid dienone is 1. The van der Waals surface area contributed by atoms with Crippen molar-refractivity contribution in [2.75, 3.05) is 16.7 Å². The number of hydrogen-bond acceptors (Lipinski definition) is 4. The Kier molecular flexibility index (Phi) is 4.06. The first-order chi connectivity index (χ1) is 11.3. The van der Waals surface area contributed by atoms with Crippen molar-refractivity contribution in [3.8, 4) is 0 Å². The number of halogens is 2. The SMILES string of the molecule is CN1c2ccccc2C(=O)/C(=C\Nc2ccc(F)c(Cl)c2)S1(=O)=O. The number of para-hydroxylation sites is 1. The minimum Gasteiger partial charge on any atom is -0.360 e. The molecule has 0 unspecified atom stereocenters. The standard InChI is InChI=1S/C16H12ClFN2O3S/c1-20-14-5-3-2-4-11(14)16(21)15(24(20,22)23)9-19-10-6-7-13(18)12(17)8-10/h2-9,19H,1H3/b15-9+. The second kappa shape index (κ2) is 5.92. The highest BCUT2D eigenvalue weighted by atomic mass is 35.5. The highest BCUT2D eigenvalue weighted by Gasteiger charge is 2.37. The molecule has 0 bridgehead atoms. The Morgan fingerprint density at radius 3 is 2.62 bits per heavy atom. The predicted molar refractivity (Wildman–Crippen MR) is 91.2 cm³/mol. The molecule has 3 rings (SSSR count). The minimum absolute atomic E-state index is 0.112. The lowest BCUT2D eigenvalue weighted by Gasteiger charge is -2.27. The molecule has 0 radical (unpaired) electrons. The summed E-state index contributed by atoms with van der Waals surface area (Å²) in [6, 6.07) is 10.3. The molecule has 1 N–H and O–H groups in total. The lowest BCUT2D eigenvalue weighted by molar-refractivity contribution is 0.104. The van der Waals surface area contributed by atoms with Crippen molar-refractivity contribution in [3.63, 3.8) is 0 Å². The average molecular weight is 367 g/mol. The molecule has 124 valence electrons. The van der Waals surface area contributed by atoms with Crippen molar-refractivity contribution in [2.45, 2.75) is 0 Å². The topological polar surface area (TPSA) is 66.5 Å². The van der Waals surface area contributed by atoms with Crippen LogP contribution in [0.15, 0.2) is 53.6 Å².